The minimum atomic E-state index is -0.00634. The molecule has 0 aromatic carbocycles. The highest BCUT2D eigenvalue weighted by atomic mass is 16.5. The standard InChI is InChI=1S/C11H16N4O2/c16-11(10-5-12-14-13-10)15(9-1-2-9)6-8-3-4-17-7-8/h5,8-9H,1-4,6-7H2,(H,12,13,14). The number of hydrogen-bond donors (Lipinski definition) is 1. The van der Waals surface area contributed by atoms with Gasteiger partial charge in [-0.3, -0.25) is 4.79 Å². The van der Waals surface area contributed by atoms with Crippen molar-refractivity contribution in [3.63, 3.8) is 0 Å². The van der Waals surface area contributed by atoms with Crippen LogP contribution in [0.1, 0.15) is 29.8 Å². The summed E-state index contributed by atoms with van der Waals surface area (Å²) < 4.78 is 5.36. The predicted molar refractivity (Wildman–Crippen MR) is 59.4 cm³/mol. The van der Waals surface area contributed by atoms with Gasteiger partial charge in [0, 0.05) is 25.1 Å². The Balaban J connectivity index is 1.69. The molecule has 1 amide bonds. The molecule has 1 unspecified atom stereocenters. The van der Waals surface area contributed by atoms with Gasteiger partial charge in [-0.05, 0) is 19.3 Å². The summed E-state index contributed by atoms with van der Waals surface area (Å²) in [6.45, 7) is 2.38. The molecule has 1 saturated heterocycles. The Kier molecular flexibility index (Phi) is 2.80. The van der Waals surface area contributed by atoms with E-state index in [1.165, 1.54) is 6.20 Å². The first-order valence-corrected chi connectivity index (χ1v) is 6.09. The third-order valence-corrected chi connectivity index (χ3v) is 3.36. The maximum Gasteiger partial charge on any atom is 0.276 e. The summed E-state index contributed by atoms with van der Waals surface area (Å²) in [6.07, 6.45) is 4.76. The highest BCUT2D eigenvalue weighted by molar-refractivity contribution is 5.92. The summed E-state index contributed by atoms with van der Waals surface area (Å²) >= 11 is 0. The number of amides is 1. The lowest BCUT2D eigenvalue weighted by Crippen LogP contribution is -2.37. The number of nitrogens with zero attached hydrogens (tertiary/aromatic N) is 3. The van der Waals surface area contributed by atoms with Crippen molar-refractivity contribution in [2.45, 2.75) is 25.3 Å². The SMILES string of the molecule is O=C(c1cn[nH]n1)N(CC1CCOC1)C1CC1. The van der Waals surface area contributed by atoms with Crippen LogP contribution in [0.25, 0.3) is 0 Å². The Bertz CT molecular complexity index is 382. The van der Waals surface area contributed by atoms with Crippen molar-refractivity contribution < 1.29 is 9.53 Å². The zero-order valence-corrected chi connectivity index (χ0v) is 9.63. The van der Waals surface area contributed by atoms with Gasteiger partial charge in [-0.25, -0.2) is 0 Å². The van der Waals surface area contributed by atoms with Crippen LogP contribution in [-0.2, 0) is 4.74 Å². The smallest absolute Gasteiger partial charge is 0.276 e. The van der Waals surface area contributed by atoms with Crippen LogP contribution in [0, 0.1) is 5.92 Å². The summed E-state index contributed by atoms with van der Waals surface area (Å²) in [5, 5.41) is 10.0. The maximum absolute atomic E-state index is 12.2. The lowest BCUT2D eigenvalue weighted by molar-refractivity contribution is 0.0700. The average molecular weight is 236 g/mol. The molecule has 1 aromatic heterocycles. The molecule has 2 heterocycles. The molecule has 2 fully saturated rings. The third kappa shape index (κ3) is 2.31. The van der Waals surface area contributed by atoms with Crippen molar-refractivity contribution in [3.8, 4) is 0 Å². The fourth-order valence-electron chi connectivity index (χ4n) is 2.24. The van der Waals surface area contributed by atoms with E-state index in [1.54, 1.807) is 0 Å². The van der Waals surface area contributed by atoms with Gasteiger partial charge in [0.25, 0.3) is 5.91 Å². The molecule has 1 N–H and O–H groups in total. The molecular weight excluding hydrogens is 220 g/mol. The van der Waals surface area contributed by atoms with Crippen LogP contribution in [0.5, 0.6) is 0 Å². The molecule has 0 radical (unpaired) electrons. The molecule has 92 valence electrons. The number of H-pyrrole nitrogens is 1. The number of rotatable bonds is 4. The van der Waals surface area contributed by atoms with Crippen molar-refractivity contribution in [1.29, 1.82) is 0 Å². The van der Waals surface area contributed by atoms with Crippen LogP contribution >= 0.6 is 0 Å². The fraction of sp³-hybridized carbons (Fsp3) is 0.727. The molecule has 2 aliphatic rings. The molecule has 0 spiro atoms. The number of ether oxygens (including phenoxy) is 1. The Morgan fingerprint density at radius 2 is 2.41 bits per heavy atom. The summed E-state index contributed by atoms with van der Waals surface area (Å²) in [5.74, 6) is 0.472. The summed E-state index contributed by atoms with van der Waals surface area (Å²) in [7, 11) is 0. The number of nitrogens with one attached hydrogen (secondary N) is 1. The number of carbonyl (C=O) groups is 1. The predicted octanol–water partition coefficient (Wildman–Crippen LogP) is 0.446. The minimum absolute atomic E-state index is 0.00634. The van der Waals surface area contributed by atoms with E-state index in [0.717, 1.165) is 39.0 Å². The molecule has 6 heteroatoms. The van der Waals surface area contributed by atoms with E-state index in [9.17, 15) is 4.79 Å². The van der Waals surface area contributed by atoms with Crippen LogP contribution in [0.4, 0.5) is 0 Å². The lowest BCUT2D eigenvalue weighted by atomic mass is 10.1. The van der Waals surface area contributed by atoms with Gasteiger partial charge in [0.2, 0.25) is 0 Å². The van der Waals surface area contributed by atoms with Crippen LogP contribution in [0.15, 0.2) is 6.20 Å². The number of aromatic amines is 1. The van der Waals surface area contributed by atoms with Gasteiger partial charge in [0.1, 0.15) is 0 Å². The van der Waals surface area contributed by atoms with Crippen molar-refractivity contribution in [2.75, 3.05) is 19.8 Å². The third-order valence-electron chi connectivity index (χ3n) is 3.36. The molecule has 1 atom stereocenters. The Morgan fingerprint density at radius 3 is 3.00 bits per heavy atom. The van der Waals surface area contributed by atoms with Crippen molar-refractivity contribution in [1.82, 2.24) is 20.3 Å². The Labute approximate surface area is 99.3 Å². The second kappa shape index (κ2) is 4.44. The maximum atomic E-state index is 12.2. The largest absolute Gasteiger partial charge is 0.381 e. The Hall–Kier alpha value is -1.43. The van der Waals surface area contributed by atoms with E-state index < -0.39 is 0 Å². The highest BCUT2D eigenvalue weighted by Gasteiger charge is 2.35. The van der Waals surface area contributed by atoms with Gasteiger partial charge >= 0.3 is 0 Å². The molecule has 17 heavy (non-hydrogen) atoms. The normalized spacial score (nSPS) is 23.9. The van der Waals surface area contributed by atoms with Crippen molar-refractivity contribution in [2.24, 2.45) is 5.92 Å². The zero-order chi connectivity index (χ0) is 11.7. The molecule has 6 nitrogen and oxygen atoms in total. The van der Waals surface area contributed by atoms with Gasteiger partial charge in [0.15, 0.2) is 5.69 Å². The number of carbonyl (C=O) groups excluding carboxylic acids is 1. The molecule has 1 aliphatic heterocycles. The molecular formula is C11H16N4O2. The first kappa shape index (κ1) is 10.7. The number of aromatic nitrogens is 3. The monoisotopic (exact) mass is 236 g/mol. The zero-order valence-electron chi connectivity index (χ0n) is 9.63. The van der Waals surface area contributed by atoms with Gasteiger partial charge in [-0.1, -0.05) is 0 Å². The van der Waals surface area contributed by atoms with E-state index in [2.05, 4.69) is 15.4 Å². The van der Waals surface area contributed by atoms with E-state index in [-0.39, 0.29) is 5.91 Å². The van der Waals surface area contributed by atoms with Gasteiger partial charge in [-0.15, -0.1) is 0 Å². The van der Waals surface area contributed by atoms with E-state index in [0.29, 0.717) is 17.7 Å². The molecule has 1 aromatic rings. The average Bonchev–Trinajstić information content (AvgIpc) is 2.86. The minimum Gasteiger partial charge on any atom is -0.381 e. The van der Waals surface area contributed by atoms with Crippen LogP contribution in [0.2, 0.25) is 0 Å². The molecule has 1 saturated carbocycles. The second-order valence-electron chi connectivity index (χ2n) is 4.77. The van der Waals surface area contributed by atoms with E-state index in [1.807, 2.05) is 4.90 Å². The first-order chi connectivity index (χ1) is 8.34. The second-order valence-corrected chi connectivity index (χ2v) is 4.77. The van der Waals surface area contributed by atoms with Crippen molar-refractivity contribution >= 4 is 5.91 Å². The first-order valence-electron chi connectivity index (χ1n) is 6.09. The van der Waals surface area contributed by atoms with Crippen LogP contribution in [-0.4, -0.2) is 52.0 Å². The molecule has 1 aliphatic carbocycles. The van der Waals surface area contributed by atoms with Crippen LogP contribution < -0.4 is 0 Å². The van der Waals surface area contributed by atoms with E-state index in [4.69, 9.17) is 4.74 Å². The highest BCUT2D eigenvalue weighted by Crippen LogP contribution is 2.29. The summed E-state index contributed by atoms with van der Waals surface area (Å²) in [4.78, 5) is 14.2. The van der Waals surface area contributed by atoms with Gasteiger partial charge < -0.3 is 9.64 Å². The Morgan fingerprint density at radius 1 is 1.53 bits per heavy atom. The summed E-state index contributed by atoms with van der Waals surface area (Å²) in [5.41, 5.74) is 0.413. The van der Waals surface area contributed by atoms with Gasteiger partial charge in [0.05, 0.1) is 12.8 Å². The van der Waals surface area contributed by atoms with Crippen molar-refractivity contribution in [3.05, 3.63) is 11.9 Å². The fourth-order valence-corrected chi connectivity index (χ4v) is 2.24. The van der Waals surface area contributed by atoms with Gasteiger partial charge in [-0.2, -0.15) is 15.4 Å². The molecule has 3 rings (SSSR count). The summed E-state index contributed by atoms with van der Waals surface area (Å²) in [6, 6.07) is 0.403. The van der Waals surface area contributed by atoms with E-state index >= 15 is 0 Å². The number of hydrogen-bond acceptors (Lipinski definition) is 4. The topological polar surface area (TPSA) is 71.1 Å². The van der Waals surface area contributed by atoms with Crippen LogP contribution in [0.3, 0.4) is 0 Å². The quantitative estimate of drug-likeness (QED) is 0.823. The lowest BCUT2D eigenvalue weighted by Gasteiger charge is -2.24. The molecule has 0 bridgehead atoms.